The number of aryl methyl sites for hydroxylation is 1. The highest BCUT2D eigenvalue weighted by Crippen LogP contribution is 2.51. The number of phenols is 1. The molecule has 10 aromatic rings. The van der Waals surface area contributed by atoms with Crippen LogP contribution in [0.25, 0.3) is 0 Å². The number of ether oxygens (including phenoxy) is 2. The van der Waals surface area contributed by atoms with Crippen molar-refractivity contribution in [3.63, 3.8) is 0 Å². The molecule has 0 spiro atoms. The van der Waals surface area contributed by atoms with E-state index in [-0.39, 0.29) is 12.4 Å². The zero-order valence-electron chi connectivity index (χ0n) is 46.2. The lowest BCUT2D eigenvalue weighted by Gasteiger charge is -2.22. The number of aliphatic hydroxyl groups excluding tert-OH is 1. The van der Waals surface area contributed by atoms with E-state index < -0.39 is 18.1 Å². The summed E-state index contributed by atoms with van der Waals surface area (Å²) in [4.78, 5) is 7.88. The van der Waals surface area contributed by atoms with Crippen molar-refractivity contribution >= 4 is 23.2 Å². The Morgan fingerprint density at radius 2 is 0.863 bits per heavy atom. The molecule has 0 radical (unpaired) electrons. The SMILES string of the molecule is CC(C)(C#N)c1cc(CO)cc(Cn2cncn2)c1.C[P+](c1ccccc1)(c1ccccc1)c1ccccc1.Cc1ccc(OCc2cc(Cn3cncn3)cc(C(C)(C)C#N)c2)cc1.Oc1ccc(OCc2ccccc2)cc1. The Morgan fingerprint density at radius 3 is 1.26 bits per heavy atom. The van der Waals surface area contributed by atoms with Gasteiger partial charge in [-0.1, -0.05) is 139 Å². The molecule has 10 rings (SSSR count). The fraction of sp³-hybridized carbons (Fsp3) is 0.194. The Hall–Kier alpha value is -9.19. The van der Waals surface area contributed by atoms with E-state index in [1.807, 2.05) is 113 Å². The highest BCUT2D eigenvalue weighted by molar-refractivity contribution is 7.95. The number of nitriles is 2. The predicted octanol–water partition coefficient (Wildman–Crippen LogP) is 12.2. The molecular weight excluding hydrogens is 1010 g/mol. The van der Waals surface area contributed by atoms with Crippen LogP contribution in [-0.4, -0.2) is 46.4 Å². The summed E-state index contributed by atoms with van der Waals surface area (Å²) >= 11 is 0. The number of aromatic nitrogens is 6. The number of nitrogens with zero attached hydrogens (tertiary/aromatic N) is 8. The maximum Gasteiger partial charge on any atom is 0.137 e. The molecule has 0 aliphatic heterocycles. The Morgan fingerprint density at radius 1 is 0.487 bits per heavy atom. The van der Waals surface area contributed by atoms with Crippen molar-refractivity contribution in [2.45, 2.75) is 78.4 Å². The van der Waals surface area contributed by atoms with E-state index in [0.717, 1.165) is 50.4 Å². The molecule has 2 heterocycles. The number of rotatable bonds is 16. The van der Waals surface area contributed by atoms with Crippen molar-refractivity contribution in [1.29, 1.82) is 10.5 Å². The molecule has 404 valence electrons. The highest BCUT2D eigenvalue weighted by Gasteiger charge is 2.39. The molecule has 2 N–H and O–H groups in total. The molecule has 12 nitrogen and oxygen atoms in total. The van der Waals surface area contributed by atoms with E-state index in [1.165, 1.54) is 34.1 Å². The van der Waals surface area contributed by atoms with E-state index in [4.69, 9.17) is 14.6 Å². The zero-order chi connectivity index (χ0) is 56.8. The number of hydrogen-bond donors (Lipinski definition) is 2. The Bertz CT molecular complexity index is 3420. The van der Waals surface area contributed by atoms with Crippen LogP contribution in [0.3, 0.4) is 0 Å². The van der Waals surface area contributed by atoms with E-state index in [0.29, 0.717) is 26.3 Å². The van der Waals surface area contributed by atoms with Crippen molar-refractivity contribution in [3.05, 3.63) is 276 Å². The smallest absolute Gasteiger partial charge is 0.137 e. The number of benzene rings is 8. The summed E-state index contributed by atoms with van der Waals surface area (Å²) in [5.41, 5.74) is 6.94. The molecule has 13 heteroatoms. The lowest BCUT2D eigenvalue weighted by Crippen LogP contribution is -2.30. The summed E-state index contributed by atoms with van der Waals surface area (Å²) in [6.45, 7) is 14.2. The highest BCUT2D eigenvalue weighted by atomic mass is 31.2. The quantitative estimate of drug-likeness (QED) is 0.0889. The number of aromatic hydroxyl groups is 1. The van der Waals surface area contributed by atoms with Gasteiger partial charge >= 0.3 is 0 Å². The third-order valence-corrected chi connectivity index (χ3v) is 17.2. The minimum Gasteiger partial charge on any atom is -0.508 e. The van der Waals surface area contributed by atoms with Crippen LogP contribution in [0, 0.1) is 29.6 Å². The summed E-state index contributed by atoms with van der Waals surface area (Å²) in [5.74, 6) is 1.84. The van der Waals surface area contributed by atoms with Crippen molar-refractivity contribution in [3.8, 4) is 29.4 Å². The first kappa shape index (κ1) is 58.5. The van der Waals surface area contributed by atoms with Crippen LogP contribution < -0.4 is 25.4 Å². The first-order chi connectivity index (χ1) is 38.7. The first-order valence-electron chi connectivity index (χ1n) is 26.2. The summed E-state index contributed by atoms with van der Waals surface area (Å²) in [7, 11) is -1.53. The van der Waals surface area contributed by atoms with Gasteiger partial charge in [-0.3, -0.25) is 0 Å². The van der Waals surface area contributed by atoms with E-state index in [2.05, 4.69) is 142 Å². The predicted molar refractivity (Wildman–Crippen MR) is 320 cm³/mol. The molecule has 0 saturated carbocycles. The molecule has 80 heavy (non-hydrogen) atoms. The molecule has 0 amide bonds. The summed E-state index contributed by atoms with van der Waals surface area (Å²) in [5, 5.41) is 49.7. The van der Waals surface area contributed by atoms with Crippen molar-refractivity contribution in [1.82, 2.24) is 29.5 Å². The van der Waals surface area contributed by atoms with Gasteiger partial charge in [-0.15, -0.1) is 0 Å². The number of hydrogen-bond acceptors (Lipinski definition) is 10. The van der Waals surface area contributed by atoms with Crippen LogP contribution in [0.2, 0.25) is 0 Å². The van der Waals surface area contributed by atoms with Crippen LogP contribution >= 0.6 is 7.26 Å². The maximum atomic E-state index is 9.51. The van der Waals surface area contributed by atoms with E-state index in [1.54, 1.807) is 46.3 Å². The second-order valence-electron chi connectivity index (χ2n) is 20.3. The lowest BCUT2D eigenvalue weighted by molar-refractivity contribution is 0.281. The van der Waals surface area contributed by atoms with Gasteiger partial charge in [0.1, 0.15) is 78.9 Å². The average Bonchev–Trinajstić information content (AvgIpc) is 4.27. The van der Waals surface area contributed by atoms with E-state index in [9.17, 15) is 15.6 Å². The minimum absolute atomic E-state index is 0.0420. The molecule has 0 atom stereocenters. The fourth-order valence-electron chi connectivity index (χ4n) is 8.45. The van der Waals surface area contributed by atoms with Gasteiger partial charge in [0.2, 0.25) is 0 Å². The molecule has 0 unspecified atom stereocenters. The molecule has 0 aliphatic rings. The Labute approximate surface area is 471 Å². The molecular formula is C67H68N8O4P+. The number of phenolic OH excluding ortho intramolecular Hbond substituents is 1. The van der Waals surface area contributed by atoms with Gasteiger partial charge in [0.15, 0.2) is 0 Å². The normalized spacial score (nSPS) is 11.0. The minimum atomic E-state index is -1.53. The molecule has 8 aromatic carbocycles. The second-order valence-corrected chi connectivity index (χ2v) is 23.8. The largest absolute Gasteiger partial charge is 0.508 e. The van der Waals surface area contributed by atoms with Gasteiger partial charge in [0.05, 0.1) is 49.3 Å². The lowest BCUT2D eigenvalue weighted by atomic mass is 9.84. The van der Waals surface area contributed by atoms with Crippen LogP contribution in [0.4, 0.5) is 0 Å². The van der Waals surface area contributed by atoms with Gasteiger partial charge < -0.3 is 19.7 Å². The van der Waals surface area contributed by atoms with Crippen LogP contribution in [0.1, 0.15) is 72.2 Å². The molecule has 0 saturated heterocycles. The van der Waals surface area contributed by atoms with Gasteiger partial charge in [-0.25, -0.2) is 19.3 Å². The molecule has 2 aromatic heterocycles. The van der Waals surface area contributed by atoms with Gasteiger partial charge in [0, 0.05) is 0 Å². The Balaban J connectivity index is 0.000000157. The van der Waals surface area contributed by atoms with Gasteiger partial charge in [0.25, 0.3) is 0 Å². The number of aliphatic hydroxyl groups is 1. The van der Waals surface area contributed by atoms with Gasteiger partial charge in [-0.2, -0.15) is 20.7 Å². The monoisotopic (exact) mass is 1080 g/mol. The first-order valence-corrected chi connectivity index (χ1v) is 28.4. The standard InChI is InChI=1S/C21H22N4O.C19H18P.C14H16N4O.C13H12O2/c1-16-4-6-20(7-5-16)26-12-18-8-17(11-25-15-23-14-24-25)9-19(10-18)21(2,3)13-22;1-20(17-11-5-2-6-12-17,18-13-7-3-8-14-18)19-15-9-4-10-16-19;1-14(2,8-15)13-4-11(3-12(5-13)7-19)6-18-10-16-9-17-18;14-12-6-8-13(9-7-12)15-10-11-4-2-1-3-5-11/h4-10,14-15H,11-12H2,1-3H3;2-16H,1H3;3-5,9-10,19H,6-7H2,1-2H3;1-9,14H,10H2/q;+1;;. The second kappa shape index (κ2) is 28.4. The summed E-state index contributed by atoms with van der Waals surface area (Å²) in [6.07, 6.45) is 6.33. The molecule has 0 fully saturated rings. The third-order valence-electron chi connectivity index (χ3n) is 13.2. The maximum absolute atomic E-state index is 9.51. The average molecular weight is 1080 g/mol. The topological polar surface area (TPSA) is 168 Å². The summed E-state index contributed by atoms with van der Waals surface area (Å²) in [6, 6.07) is 73.9. The summed E-state index contributed by atoms with van der Waals surface area (Å²) < 4.78 is 14.9. The zero-order valence-corrected chi connectivity index (χ0v) is 47.1. The van der Waals surface area contributed by atoms with Crippen LogP contribution in [-0.2, 0) is 43.7 Å². The van der Waals surface area contributed by atoms with Gasteiger partial charge in [-0.05, 0) is 146 Å². The van der Waals surface area contributed by atoms with E-state index >= 15 is 0 Å². The van der Waals surface area contributed by atoms with Crippen LogP contribution in [0.5, 0.6) is 17.2 Å². The van der Waals surface area contributed by atoms with Crippen LogP contribution in [0.15, 0.2) is 232 Å². The third kappa shape index (κ3) is 16.9. The van der Waals surface area contributed by atoms with Crippen molar-refractivity contribution in [2.75, 3.05) is 6.66 Å². The molecule has 0 bridgehead atoms. The van der Waals surface area contributed by atoms with Crippen molar-refractivity contribution in [2.24, 2.45) is 0 Å². The van der Waals surface area contributed by atoms with Crippen molar-refractivity contribution < 1.29 is 19.7 Å². The fourth-order valence-corrected chi connectivity index (χ4v) is 11.6. The molecule has 0 aliphatic carbocycles. The Kier molecular flexibility index (Phi) is 20.8.